The number of nitrogens with one attached hydrogen (secondary N) is 1. The van der Waals surface area contributed by atoms with Crippen molar-refractivity contribution < 1.29 is 4.79 Å². The molecule has 0 atom stereocenters. The first-order chi connectivity index (χ1) is 9.22. The fourth-order valence-electron chi connectivity index (χ4n) is 2.36. The van der Waals surface area contributed by atoms with Crippen molar-refractivity contribution in [3.05, 3.63) is 23.8 Å². The molecule has 0 bridgehead atoms. The molecule has 3 N–H and O–H groups in total. The summed E-state index contributed by atoms with van der Waals surface area (Å²) in [5.74, 6) is 0.101. The molecule has 4 heteroatoms. The third-order valence-electron chi connectivity index (χ3n) is 3.54. The summed E-state index contributed by atoms with van der Waals surface area (Å²) >= 11 is 0. The summed E-state index contributed by atoms with van der Waals surface area (Å²) in [4.78, 5) is 14.1. The maximum absolute atomic E-state index is 12.2. The lowest BCUT2D eigenvalue weighted by Crippen LogP contribution is -2.27. The minimum atomic E-state index is 0.101. The summed E-state index contributed by atoms with van der Waals surface area (Å²) in [6.07, 6.45) is 4.49. The Balaban J connectivity index is 2.03. The van der Waals surface area contributed by atoms with E-state index in [-0.39, 0.29) is 5.91 Å². The lowest BCUT2D eigenvalue weighted by molar-refractivity contribution is 0.0793. The van der Waals surface area contributed by atoms with Crippen molar-refractivity contribution in [2.45, 2.75) is 32.6 Å². The molecule has 1 aromatic carbocycles. The first-order valence-electron chi connectivity index (χ1n) is 7.15. The van der Waals surface area contributed by atoms with E-state index < -0.39 is 0 Å². The van der Waals surface area contributed by atoms with Gasteiger partial charge in [0.2, 0.25) is 0 Å². The fraction of sp³-hybridized carbons (Fsp3) is 0.533. The molecule has 1 aliphatic rings. The van der Waals surface area contributed by atoms with Crippen LogP contribution in [0.25, 0.3) is 0 Å². The van der Waals surface area contributed by atoms with Crippen molar-refractivity contribution in [3.63, 3.8) is 0 Å². The van der Waals surface area contributed by atoms with Crippen LogP contribution in [0.4, 0.5) is 11.4 Å². The number of amides is 1. The summed E-state index contributed by atoms with van der Waals surface area (Å²) in [7, 11) is 0. The van der Waals surface area contributed by atoms with Crippen LogP contribution < -0.4 is 11.1 Å². The van der Waals surface area contributed by atoms with Gasteiger partial charge in [-0.2, -0.15) is 0 Å². The zero-order chi connectivity index (χ0) is 13.7. The highest BCUT2D eigenvalue weighted by molar-refractivity contribution is 5.96. The summed E-state index contributed by atoms with van der Waals surface area (Å²) in [5.41, 5.74) is 8.28. The summed E-state index contributed by atoms with van der Waals surface area (Å²) in [6.45, 7) is 4.81. The first-order valence-corrected chi connectivity index (χ1v) is 7.15. The van der Waals surface area contributed by atoms with Crippen LogP contribution in [0.1, 0.15) is 43.0 Å². The molecule has 0 aromatic heterocycles. The Kier molecular flexibility index (Phi) is 4.66. The fourth-order valence-corrected chi connectivity index (χ4v) is 2.36. The molecular weight excluding hydrogens is 238 g/mol. The first kappa shape index (κ1) is 13.7. The van der Waals surface area contributed by atoms with Crippen molar-refractivity contribution in [2.24, 2.45) is 0 Å². The Morgan fingerprint density at radius 1 is 1.37 bits per heavy atom. The normalized spacial score (nSPS) is 14.7. The van der Waals surface area contributed by atoms with Gasteiger partial charge in [0.25, 0.3) is 5.91 Å². The van der Waals surface area contributed by atoms with Gasteiger partial charge in [0.1, 0.15) is 0 Å². The Labute approximate surface area is 115 Å². The molecule has 1 amide bonds. The summed E-state index contributed by atoms with van der Waals surface area (Å²) in [5, 5.41) is 3.30. The number of likely N-dealkylation sites (tertiary alicyclic amines) is 1. The average Bonchev–Trinajstić information content (AvgIpc) is 2.94. The van der Waals surface area contributed by atoms with E-state index in [1.54, 1.807) is 6.07 Å². The smallest absolute Gasteiger partial charge is 0.253 e. The number of hydrogen-bond donors (Lipinski definition) is 2. The number of rotatable bonds is 5. The number of benzene rings is 1. The molecule has 1 aromatic rings. The van der Waals surface area contributed by atoms with Crippen LogP contribution >= 0.6 is 0 Å². The van der Waals surface area contributed by atoms with Gasteiger partial charge in [0.15, 0.2) is 0 Å². The van der Waals surface area contributed by atoms with Crippen LogP contribution in [0.2, 0.25) is 0 Å². The van der Waals surface area contributed by atoms with Crippen LogP contribution in [0, 0.1) is 0 Å². The van der Waals surface area contributed by atoms with E-state index in [9.17, 15) is 4.79 Å². The molecule has 0 spiro atoms. The van der Waals surface area contributed by atoms with Gasteiger partial charge in [-0.05, 0) is 37.5 Å². The molecule has 1 heterocycles. The maximum atomic E-state index is 12.2. The highest BCUT2D eigenvalue weighted by atomic mass is 16.2. The van der Waals surface area contributed by atoms with Gasteiger partial charge in [-0.15, -0.1) is 0 Å². The van der Waals surface area contributed by atoms with Crippen molar-refractivity contribution >= 4 is 17.3 Å². The van der Waals surface area contributed by atoms with Crippen molar-refractivity contribution in [3.8, 4) is 0 Å². The maximum Gasteiger partial charge on any atom is 0.253 e. The highest BCUT2D eigenvalue weighted by Crippen LogP contribution is 2.22. The molecular formula is C15H23N3O. The monoisotopic (exact) mass is 261 g/mol. The number of nitrogens with zero attached hydrogens (tertiary/aromatic N) is 1. The largest absolute Gasteiger partial charge is 0.397 e. The van der Waals surface area contributed by atoms with Crippen LogP contribution in [-0.2, 0) is 0 Å². The Morgan fingerprint density at radius 2 is 2.11 bits per heavy atom. The predicted octanol–water partition coefficient (Wildman–Crippen LogP) is 2.72. The second kappa shape index (κ2) is 6.45. The van der Waals surface area contributed by atoms with Crippen molar-refractivity contribution in [2.75, 3.05) is 30.7 Å². The molecule has 104 valence electrons. The highest BCUT2D eigenvalue weighted by Gasteiger charge is 2.19. The van der Waals surface area contributed by atoms with E-state index in [0.717, 1.165) is 51.0 Å². The molecule has 2 rings (SSSR count). The lowest BCUT2D eigenvalue weighted by Gasteiger charge is -2.16. The van der Waals surface area contributed by atoms with E-state index in [1.165, 1.54) is 0 Å². The molecule has 4 nitrogen and oxygen atoms in total. The second-order valence-corrected chi connectivity index (χ2v) is 5.08. The molecule has 19 heavy (non-hydrogen) atoms. The second-order valence-electron chi connectivity index (χ2n) is 5.08. The standard InChI is InChI=1S/C15H23N3O/c1-2-3-8-17-14-7-6-12(11-13(14)16)15(19)18-9-4-5-10-18/h6-7,11,17H,2-5,8-10,16H2,1H3. The van der Waals surface area contributed by atoms with Gasteiger partial charge < -0.3 is 16.0 Å². The Morgan fingerprint density at radius 3 is 2.74 bits per heavy atom. The summed E-state index contributed by atoms with van der Waals surface area (Å²) in [6, 6.07) is 5.56. The Bertz CT molecular complexity index is 439. The van der Waals surface area contributed by atoms with E-state index in [0.29, 0.717) is 11.3 Å². The predicted molar refractivity (Wildman–Crippen MR) is 79.4 cm³/mol. The van der Waals surface area contributed by atoms with Crippen molar-refractivity contribution in [1.29, 1.82) is 0 Å². The third-order valence-corrected chi connectivity index (χ3v) is 3.54. The number of anilines is 2. The van der Waals surface area contributed by atoms with Gasteiger partial charge in [-0.3, -0.25) is 4.79 Å². The van der Waals surface area contributed by atoms with E-state index in [4.69, 9.17) is 5.73 Å². The summed E-state index contributed by atoms with van der Waals surface area (Å²) < 4.78 is 0. The van der Waals surface area contributed by atoms with E-state index in [2.05, 4.69) is 12.2 Å². The average molecular weight is 261 g/mol. The zero-order valence-corrected chi connectivity index (χ0v) is 11.6. The van der Waals surface area contributed by atoms with Crippen molar-refractivity contribution in [1.82, 2.24) is 4.90 Å². The van der Waals surface area contributed by atoms with Crippen LogP contribution in [0.3, 0.4) is 0 Å². The van der Waals surface area contributed by atoms with Crippen LogP contribution in [0.15, 0.2) is 18.2 Å². The topological polar surface area (TPSA) is 58.4 Å². The molecule has 1 saturated heterocycles. The number of nitrogen functional groups attached to an aromatic ring is 1. The quantitative estimate of drug-likeness (QED) is 0.633. The van der Waals surface area contributed by atoms with Crippen LogP contribution in [0.5, 0.6) is 0 Å². The number of hydrogen-bond acceptors (Lipinski definition) is 3. The lowest BCUT2D eigenvalue weighted by atomic mass is 10.1. The molecule has 0 radical (unpaired) electrons. The van der Waals surface area contributed by atoms with Gasteiger partial charge in [0.05, 0.1) is 11.4 Å². The number of carbonyl (C=O) groups is 1. The Hall–Kier alpha value is -1.71. The third kappa shape index (κ3) is 3.40. The molecule has 0 saturated carbocycles. The number of nitrogens with two attached hydrogens (primary N) is 1. The molecule has 0 aliphatic carbocycles. The molecule has 1 aliphatic heterocycles. The minimum Gasteiger partial charge on any atom is -0.397 e. The van der Waals surface area contributed by atoms with Gasteiger partial charge in [0, 0.05) is 25.2 Å². The van der Waals surface area contributed by atoms with E-state index in [1.807, 2.05) is 17.0 Å². The molecule has 0 unspecified atom stereocenters. The van der Waals surface area contributed by atoms with E-state index >= 15 is 0 Å². The molecule has 1 fully saturated rings. The minimum absolute atomic E-state index is 0.101. The number of unbranched alkanes of at least 4 members (excludes halogenated alkanes) is 1. The zero-order valence-electron chi connectivity index (χ0n) is 11.6. The SMILES string of the molecule is CCCCNc1ccc(C(=O)N2CCCC2)cc1N. The van der Waals surface area contributed by atoms with Crippen LogP contribution in [-0.4, -0.2) is 30.4 Å². The van der Waals surface area contributed by atoms with Gasteiger partial charge >= 0.3 is 0 Å². The van der Waals surface area contributed by atoms with Gasteiger partial charge in [-0.25, -0.2) is 0 Å². The number of carbonyl (C=O) groups excluding carboxylic acids is 1. The van der Waals surface area contributed by atoms with Gasteiger partial charge in [-0.1, -0.05) is 13.3 Å².